The van der Waals surface area contributed by atoms with Crippen molar-refractivity contribution in [2.75, 3.05) is 0 Å². The van der Waals surface area contributed by atoms with Crippen LogP contribution in [0.15, 0.2) is 114 Å². The number of furan rings is 1. The molecule has 0 saturated heterocycles. The third-order valence-corrected chi connectivity index (χ3v) is 8.74. The molecule has 0 aliphatic heterocycles. The van der Waals surface area contributed by atoms with Crippen LogP contribution in [0.1, 0.15) is 27.8 Å². The van der Waals surface area contributed by atoms with Gasteiger partial charge in [0.15, 0.2) is 0 Å². The smallest absolute Gasteiger partial charge is 0.0847 e. The van der Waals surface area contributed by atoms with E-state index in [1.807, 2.05) is 36.7 Å². The first-order valence-corrected chi connectivity index (χ1v) is 15.4. The molecule has 0 amide bonds. The molecule has 233 valence electrons. The number of hydrogen-bond acceptors (Lipinski definition) is 4. The molecule has 0 atom stereocenters. The quantitative estimate of drug-likeness (QED) is 0.167. The van der Waals surface area contributed by atoms with Gasteiger partial charge in [0.05, 0.1) is 5.58 Å². The fourth-order valence-corrected chi connectivity index (χ4v) is 5.75. The van der Waals surface area contributed by atoms with E-state index in [2.05, 4.69) is 122 Å². The van der Waals surface area contributed by atoms with Gasteiger partial charge in [-0.2, -0.15) is 0 Å². The zero-order valence-corrected chi connectivity index (χ0v) is 29.4. The average Bonchev–Trinajstić information content (AvgIpc) is 3.57. The van der Waals surface area contributed by atoms with Gasteiger partial charge >= 0.3 is 0 Å². The second kappa shape index (κ2) is 13.4. The normalized spacial score (nSPS) is 10.9. The molecule has 0 aliphatic rings. The number of aromatic nitrogens is 3. The van der Waals surface area contributed by atoms with E-state index in [0.717, 1.165) is 50.0 Å². The van der Waals surface area contributed by atoms with Crippen LogP contribution in [0.3, 0.4) is 0 Å². The van der Waals surface area contributed by atoms with Crippen molar-refractivity contribution >= 4 is 32.6 Å². The van der Waals surface area contributed by atoms with Gasteiger partial charge in [-0.15, -0.1) is 41.0 Å². The number of nitrogens with zero attached hydrogens (tertiary/aromatic N) is 3. The molecule has 4 nitrogen and oxygen atoms in total. The fourth-order valence-electron chi connectivity index (χ4n) is 5.75. The topological polar surface area (TPSA) is 51.8 Å². The molecule has 4 aromatic carbocycles. The predicted molar refractivity (Wildman–Crippen MR) is 189 cm³/mol. The molecule has 5 heteroatoms. The molecule has 1 radical (unpaired) electrons. The Morgan fingerprint density at radius 2 is 1.45 bits per heavy atom. The standard InChI is InChI=1S/C27H17N2O.C15H16N.Ir/c1-17-4-2-5-20-14-18(7-8-22(17)20)19-9-12-28-25(16-19)24-15-21-10-13-30-27(21)26-23(24)6-3-11-29-26;1-10-5-6-14(7-11(10)2)15-8-12(3)13(4)9-16-15;/h2-14,16H,1H3;5,7-9H,1-4H3;/q2*-1;. The van der Waals surface area contributed by atoms with Crippen molar-refractivity contribution in [2.24, 2.45) is 0 Å². The molecule has 0 fully saturated rings. The molecule has 4 heterocycles. The number of pyridine rings is 3. The molecule has 0 unspecified atom stereocenters. The van der Waals surface area contributed by atoms with Crippen LogP contribution >= 0.6 is 0 Å². The summed E-state index contributed by atoms with van der Waals surface area (Å²) >= 11 is 0. The van der Waals surface area contributed by atoms with Gasteiger partial charge in [-0.05, 0) is 71.6 Å². The Hall–Kier alpha value is -4.96. The molecule has 47 heavy (non-hydrogen) atoms. The molecule has 8 rings (SSSR count). The summed E-state index contributed by atoms with van der Waals surface area (Å²) in [5, 5.41) is 4.42. The van der Waals surface area contributed by atoms with E-state index in [1.165, 1.54) is 44.2 Å². The van der Waals surface area contributed by atoms with E-state index >= 15 is 0 Å². The van der Waals surface area contributed by atoms with Crippen molar-refractivity contribution in [1.82, 2.24) is 15.0 Å². The Labute approximate surface area is 288 Å². The number of rotatable bonds is 3. The third kappa shape index (κ3) is 6.38. The summed E-state index contributed by atoms with van der Waals surface area (Å²) in [7, 11) is 0. The summed E-state index contributed by atoms with van der Waals surface area (Å²) in [6, 6.07) is 36.2. The zero-order chi connectivity index (χ0) is 31.8. The predicted octanol–water partition coefficient (Wildman–Crippen LogP) is 10.8. The molecule has 0 saturated carbocycles. The molecule has 0 aliphatic carbocycles. The van der Waals surface area contributed by atoms with Crippen molar-refractivity contribution in [1.29, 1.82) is 0 Å². The van der Waals surface area contributed by atoms with Crippen LogP contribution in [-0.2, 0) is 20.1 Å². The summed E-state index contributed by atoms with van der Waals surface area (Å²) in [5.74, 6) is 0. The van der Waals surface area contributed by atoms with Crippen LogP contribution in [0.5, 0.6) is 0 Å². The van der Waals surface area contributed by atoms with Crippen molar-refractivity contribution in [2.45, 2.75) is 34.6 Å². The van der Waals surface area contributed by atoms with Gasteiger partial charge in [0.2, 0.25) is 0 Å². The molecule has 4 aromatic heterocycles. The molecule has 0 bridgehead atoms. The Bertz CT molecular complexity index is 2340. The minimum atomic E-state index is 0. The van der Waals surface area contributed by atoms with Gasteiger partial charge in [-0.1, -0.05) is 96.4 Å². The van der Waals surface area contributed by atoms with Gasteiger partial charge in [-0.3, -0.25) is 9.97 Å². The molecule has 0 spiro atoms. The van der Waals surface area contributed by atoms with Gasteiger partial charge in [0.1, 0.15) is 0 Å². The Morgan fingerprint density at radius 3 is 2.28 bits per heavy atom. The van der Waals surface area contributed by atoms with Crippen LogP contribution < -0.4 is 0 Å². The summed E-state index contributed by atoms with van der Waals surface area (Å²) in [5.41, 5.74) is 14.1. The summed E-state index contributed by atoms with van der Waals surface area (Å²) in [4.78, 5) is 13.7. The Kier molecular flexibility index (Phi) is 9.13. The number of benzene rings is 4. The SMILES string of the molecule is Cc1c[c-]c(-c2cc(C)c(C)cn2)cc1C.Cc1cccc2cc(-c3ccnc(-c4[c-]c5ccoc5c5ncccc45)c3)ccc12.[Ir]. The molecule has 8 aromatic rings. The van der Waals surface area contributed by atoms with E-state index in [-0.39, 0.29) is 20.1 Å². The van der Waals surface area contributed by atoms with Gasteiger partial charge in [-0.25, -0.2) is 0 Å². The van der Waals surface area contributed by atoms with Gasteiger partial charge in [0.25, 0.3) is 0 Å². The largest absolute Gasteiger partial charge is 0.506 e. The first-order valence-electron chi connectivity index (χ1n) is 15.4. The van der Waals surface area contributed by atoms with Gasteiger partial charge in [0, 0.05) is 56.2 Å². The Balaban J connectivity index is 0.000000194. The van der Waals surface area contributed by atoms with E-state index in [1.54, 1.807) is 12.5 Å². The van der Waals surface area contributed by atoms with Crippen LogP contribution in [0.25, 0.3) is 66.3 Å². The number of hydrogen-bond donors (Lipinski definition) is 0. The second-order valence-corrected chi connectivity index (χ2v) is 11.9. The van der Waals surface area contributed by atoms with Crippen molar-refractivity contribution in [3.05, 3.63) is 150 Å². The van der Waals surface area contributed by atoms with Crippen molar-refractivity contribution < 1.29 is 24.5 Å². The maximum absolute atomic E-state index is 5.65. The average molecular weight is 788 g/mol. The Morgan fingerprint density at radius 1 is 0.617 bits per heavy atom. The van der Waals surface area contributed by atoms with Crippen LogP contribution in [0, 0.1) is 46.8 Å². The van der Waals surface area contributed by atoms with Crippen LogP contribution in [0.2, 0.25) is 0 Å². The summed E-state index contributed by atoms with van der Waals surface area (Å²) < 4.78 is 5.65. The molecule has 0 N–H and O–H groups in total. The third-order valence-electron chi connectivity index (χ3n) is 8.74. The monoisotopic (exact) mass is 788 g/mol. The maximum atomic E-state index is 5.65. The number of aryl methyl sites for hydroxylation is 5. The van der Waals surface area contributed by atoms with E-state index in [4.69, 9.17) is 4.42 Å². The summed E-state index contributed by atoms with van der Waals surface area (Å²) in [6.45, 7) is 10.6. The second-order valence-electron chi connectivity index (χ2n) is 11.9. The van der Waals surface area contributed by atoms with Crippen molar-refractivity contribution in [3.8, 4) is 33.6 Å². The van der Waals surface area contributed by atoms with E-state index in [0.29, 0.717) is 0 Å². The molecular formula is C42H33IrN3O-2. The van der Waals surface area contributed by atoms with E-state index < -0.39 is 0 Å². The van der Waals surface area contributed by atoms with Crippen LogP contribution in [-0.4, -0.2) is 15.0 Å². The number of fused-ring (bicyclic) bond motifs is 4. The minimum absolute atomic E-state index is 0. The summed E-state index contributed by atoms with van der Waals surface area (Å²) in [6.07, 6.45) is 7.25. The van der Waals surface area contributed by atoms with Crippen molar-refractivity contribution in [3.63, 3.8) is 0 Å². The van der Waals surface area contributed by atoms with E-state index in [9.17, 15) is 0 Å². The minimum Gasteiger partial charge on any atom is -0.506 e. The molecular weight excluding hydrogens is 755 g/mol. The first kappa shape index (κ1) is 32.0. The van der Waals surface area contributed by atoms with Crippen LogP contribution in [0.4, 0.5) is 0 Å². The zero-order valence-electron chi connectivity index (χ0n) is 27.0. The van der Waals surface area contributed by atoms with Gasteiger partial charge < -0.3 is 9.40 Å². The first-order chi connectivity index (χ1) is 22.4. The maximum Gasteiger partial charge on any atom is 0.0847 e. The fraction of sp³-hybridized carbons (Fsp3) is 0.119.